The summed E-state index contributed by atoms with van der Waals surface area (Å²) >= 11 is 7.27. The highest BCUT2D eigenvalue weighted by Crippen LogP contribution is 2.46. The Morgan fingerprint density at radius 2 is 1.22 bits per heavy atom. The predicted octanol–water partition coefficient (Wildman–Crippen LogP) is 7.63. The number of halogens is 2. The highest BCUT2D eigenvalue weighted by atomic mass is 79.9. The van der Waals surface area contributed by atoms with Crippen LogP contribution >= 0.6 is 31.9 Å². The first kappa shape index (κ1) is 18.5. The molecule has 0 saturated heterocycles. The molecular formula is C24H21Br2N. The van der Waals surface area contributed by atoms with Crippen molar-refractivity contribution in [2.75, 3.05) is 18.0 Å². The van der Waals surface area contributed by atoms with Crippen LogP contribution in [0.5, 0.6) is 0 Å². The van der Waals surface area contributed by atoms with E-state index < -0.39 is 0 Å². The maximum absolute atomic E-state index is 3.64. The van der Waals surface area contributed by atoms with Crippen LogP contribution in [0, 0.1) is 0 Å². The van der Waals surface area contributed by atoms with Gasteiger partial charge in [0.05, 0.1) is 0 Å². The van der Waals surface area contributed by atoms with E-state index >= 15 is 0 Å². The van der Waals surface area contributed by atoms with Gasteiger partial charge in [0.1, 0.15) is 0 Å². The van der Waals surface area contributed by atoms with Gasteiger partial charge in [-0.15, -0.1) is 0 Å². The molecule has 0 aromatic heterocycles. The first-order valence-corrected chi connectivity index (χ1v) is 10.9. The number of hydrogen-bond donors (Lipinski definition) is 0. The molecule has 3 heteroatoms. The topological polar surface area (TPSA) is 3.24 Å². The minimum Gasteiger partial charge on any atom is -0.372 e. The van der Waals surface area contributed by atoms with E-state index in [1.54, 1.807) is 0 Å². The molecule has 0 aliphatic heterocycles. The summed E-state index contributed by atoms with van der Waals surface area (Å²) in [5, 5.41) is 0. The zero-order valence-electron chi connectivity index (χ0n) is 15.5. The summed E-state index contributed by atoms with van der Waals surface area (Å²) < 4.78 is 2.21. The zero-order valence-corrected chi connectivity index (χ0v) is 18.6. The standard InChI is InChI=1S/C24H21Br2N/c1-3-27(4-2)19-9-5-16(6-10-19)13-22-23-14-17(25)7-11-20(23)21-12-8-18(26)15-24(21)22/h5-15H,3-4H2,1-2H3. The van der Waals surface area contributed by atoms with Crippen molar-refractivity contribution in [3.8, 4) is 11.1 Å². The van der Waals surface area contributed by atoms with Crippen LogP contribution in [0.4, 0.5) is 5.69 Å². The number of hydrogen-bond acceptors (Lipinski definition) is 1. The fraction of sp³-hybridized carbons (Fsp3) is 0.167. The third-order valence-corrected chi connectivity index (χ3v) is 6.15. The molecule has 1 aliphatic rings. The Hall–Kier alpha value is -1.84. The van der Waals surface area contributed by atoms with Crippen molar-refractivity contribution in [2.45, 2.75) is 13.8 Å². The van der Waals surface area contributed by atoms with Crippen molar-refractivity contribution in [3.05, 3.63) is 86.3 Å². The van der Waals surface area contributed by atoms with Crippen LogP contribution in [0.15, 0.2) is 69.6 Å². The lowest BCUT2D eigenvalue weighted by molar-refractivity contribution is 0.866. The van der Waals surface area contributed by atoms with Crippen LogP contribution in [-0.4, -0.2) is 13.1 Å². The summed E-state index contributed by atoms with van der Waals surface area (Å²) in [7, 11) is 0. The summed E-state index contributed by atoms with van der Waals surface area (Å²) in [5.41, 5.74) is 8.94. The van der Waals surface area contributed by atoms with Crippen LogP contribution in [0.1, 0.15) is 30.5 Å². The Balaban J connectivity index is 1.81. The molecule has 136 valence electrons. The maximum Gasteiger partial charge on any atom is 0.0366 e. The normalized spacial score (nSPS) is 11.9. The number of fused-ring (bicyclic) bond motifs is 3. The fourth-order valence-electron chi connectivity index (χ4n) is 3.79. The van der Waals surface area contributed by atoms with Gasteiger partial charge in [0.25, 0.3) is 0 Å². The lowest BCUT2D eigenvalue weighted by Crippen LogP contribution is -2.21. The second-order valence-corrected chi connectivity index (χ2v) is 8.53. The van der Waals surface area contributed by atoms with Gasteiger partial charge in [-0.25, -0.2) is 0 Å². The van der Waals surface area contributed by atoms with Crippen molar-refractivity contribution in [1.82, 2.24) is 0 Å². The summed E-state index contributed by atoms with van der Waals surface area (Å²) in [6.45, 7) is 6.45. The van der Waals surface area contributed by atoms with Gasteiger partial charge in [-0.05, 0) is 89.7 Å². The van der Waals surface area contributed by atoms with E-state index in [1.807, 2.05) is 0 Å². The van der Waals surface area contributed by atoms with E-state index in [-0.39, 0.29) is 0 Å². The largest absolute Gasteiger partial charge is 0.372 e. The molecule has 27 heavy (non-hydrogen) atoms. The van der Waals surface area contributed by atoms with Crippen molar-refractivity contribution in [1.29, 1.82) is 0 Å². The zero-order chi connectivity index (χ0) is 19.0. The van der Waals surface area contributed by atoms with E-state index in [2.05, 4.69) is 117 Å². The first-order chi connectivity index (χ1) is 13.1. The molecule has 0 bridgehead atoms. The van der Waals surface area contributed by atoms with Gasteiger partial charge in [0.2, 0.25) is 0 Å². The SMILES string of the molecule is CCN(CC)c1ccc(C=C2c3cc(Br)ccc3-c3ccc(Br)cc32)cc1. The average Bonchev–Trinajstić information content (AvgIpc) is 2.96. The fourth-order valence-corrected chi connectivity index (χ4v) is 4.51. The number of anilines is 1. The molecule has 0 spiro atoms. The molecule has 3 aromatic carbocycles. The lowest BCUT2D eigenvalue weighted by Gasteiger charge is -2.20. The molecule has 0 heterocycles. The van der Waals surface area contributed by atoms with Crippen LogP contribution in [0.25, 0.3) is 22.8 Å². The van der Waals surface area contributed by atoms with Gasteiger partial charge in [-0.1, -0.05) is 56.1 Å². The number of nitrogens with zero attached hydrogens (tertiary/aromatic N) is 1. The molecule has 0 unspecified atom stereocenters. The third kappa shape index (κ3) is 3.51. The van der Waals surface area contributed by atoms with Gasteiger partial charge in [-0.3, -0.25) is 0 Å². The molecular weight excluding hydrogens is 462 g/mol. The van der Waals surface area contributed by atoms with Gasteiger partial charge < -0.3 is 4.90 Å². The Morgan fingerprint density at radius 1 is 0.704 bits per heavy atom. The summed E-state index contributed by atoms with van der Waals surface area (Å²) in [4.78, 5) is 2.37. The molecule has 1 aliphatic carbocycles. The Morgan fingerprint density at radius 3 is 1.70 bits per heavy atom. The molecule has 0 N–H and O–H groups in total. The minimum absolute atomic E-state index is 1.03. The second-order valence-electron chi connectivity index (χ2n) is 6.70. The van der Waals surface area contributed by atoms with Crippen molar-refractivity contribution < 1.29 is 0 Å². The number of benzene rings is 3. The van der Waals surface area contributed by atoms with E-state index in [0.29, 0.717) is 0 Å². The van der Waals surface area contributed by atoms with E-state index in [1.165, 1.54) is 39.1 Å². The van der Waals surface area contributed by atoms with Crippen LogP contribution in [0.3, 0.4) is 0 Å². The van der Waals surface area contributed by atoms with Gasteiger partial charge in [0, 0.05) is 27.7 Å². The molecule has 3 aromatic rings. The quantitative estimate of drug-likeness (QED) is 0.289. The summed E-state index contributed by atoms with van der Waals surface area (Å²) in [5.74, 6) is 0. The van der Waals surface area contributed by atoms with Crippen LogP contribution in [-0.2, 0) is 0 Å². The maximum atomic E-state index is 3.64. The van der Waals surface area contributed by atoms with E-state index in [9.17, 15) is 0 Å². The van der Waals surface area contributed by atoms with E-state index in [0.717, 1.165) is 22.0 Å². The van der Waals surface area contributed by atoms with Crippen molar-refractivity contribution in [3.63, 3.8) is 0 Å². The molecule has 0 radical (unpaired) electrons. The number of rotatable bonds is 4. The molecule has 0 saturated carbocycles. The Kier molecular flexibility index (Phi) is 5.25. The Bertz CT molecular complexity index is 962. The summed E-state index contributed by atoms with van der Waals surface area (Å²) in [6.07, 6.45) is 2.30. The molecule has 1 nitrogen and oxygen atoms in total. The molecule has 4 rings (SSSR count). The predicted molar refractivity (Wildman–Crippen MR) is 124 cm³/mol. The van der Waals surface area contributed by atoms with Gasteiger partial charge in [-0.2, -0.15) is 0 Å². The molecule has 0 fully saturated rings. The van der Waals surface area contributed by atoms with E-state index in [4.69, 9.17) is 0 Å². The molecule has 0 amide bonds. The highest BCUT2D eigenvalue weighted by Gasteiger charge is 2.23. The Labute approximate surface area is 178 Å². The van der Waals surface area contributed by atoms with Crippen molar-refractivity contribution >= 4 is 49.2 Å². The van der Waals surface area contributed by atoms with Crippen LogP contribution in [0.2, 0.25) is 0 Å². The third-order valence-electron chi connectivity index (χ3n) is 5.17. The second kappa shape index (κ2) is 7.65. The lowest BCUT2D eigenvalue weighted by atomic mass is 10.0. The van der Waals surface area contributed by atoms with Gasteiger partial charge in [0.15, 0.2) is 0 Å². The van der Waals surface area contributed by atoms with Crippen molar-refractivity contribution in [2.24, 2.45) is 0 Å². The first-order valence-electron chi connectivity index (χ1n) is 9.27. The van der Waals surface area contributed by atoms with Gasteiger partial charge >= 0.3 is 0 Å². The monoisotopic (exact) mass is 481 g/mol. The summed E-state index contributed by atoms with van der Waals surface area (Å²) in [6, 6.07) is 22.0. The molecule has 0 atom stereocenters. The van der Waals surface area contributed by atoms with Crippen LogP contribution < -0.4 is 4.90 Å². The smallest absolute Gasteiger partial charge is 0.0366 e. The minimum atomic E-state index is 1.03. The average molecular weight is 483 g/mol. The highest BCUT2D eigenvalue weighted by molar-refractivity contribution is 9.10.